The second-order valence-corrected chi connectivity index (χ2v) is 2.13. The molecule has 2 N–H and O–H groups in total. The molecule has 0 rings (SSSR count). The van der Waals surface area contributed by atoms with Crippen LogP contribution in [0.15, 0.2) is 12.2 Å². The Morgan fingerprint density at radius 2 is 2.08 bits per heavy atom. The van der Waals surface area contributed by atoms with Crippen molar-refractivity contribution in [3.8, 4) is 0 Å². The zero-order chi connectivity index (χ0) is 9.56. The van der Waals surface area contributed by atoms with Gasteiger partial charge < -0.3 is 10.2 Å². The number of carbonyl (C=O) groups excluding carboxylic acids is 2. The van der Waals surface area contributed by atoms with Gasteiger partial charge in [0.1, 0.15) is 0 Å². The van der Waals surface area contributed by atoms with E-state index in [1.165, 1.54) is 6.92 Å². The molecule has 2 amide bonds. The fourth-order valence-electron chi connectivity index (χ4n) is 0.376. The molecular formula is C7H12N2O3. The first-order valence-corrected chi connectivity index (χ1v) is 3.48. The molecule has 0 fully saturated rings. The lowest BCUT2D eigenvalue weighted by molar-refractivity contribution is -0.143. The number of hydrogen-bond acceptors (Lipinski definition) is 3. The van der Waals surface area contributed by atoms with Gasteiger partial charge in [-0.05, 0) is 13.8 Å². The maximum absolute atomic E-state index is 10.7. The van der Waals surface area contributed by atoms with Crippen LogP contribution >= 0.6 is 0 Å². The van der Waals surface area contributed by atoms with Crippen LogP contribution in [-0.2, 0) is 9.63 Å². The summed E-state index contributed by atoms with van der Waals surface area (Å²) in [4.78, 5) is 25.6. The lowest BCUT2D eigenvalue weighted by atomic mass is 10.4. The number of hydrogen-bond donors (Lipinski definition) is 2. The average Bonchev–Trinajstić information content (AvgIpc) is 2.00. The molecule has 0 bridgehead atoms. The van der Waals surface area contributed by atoms with Gasteiger partial charge in [0, 0.05) is 12.1 Å². The van der Waals surface area contributed by atoms with E-state index in [9.17, 15) is 9.59 Å². The zero-order valence-corrected chi connectivity index (χ0v) is 7.14. The van der Waals surface area contributed by atoms with Crippen LogP contribution in [0.2, 0.25) is 0 Å². The number of urea groups is 1. The van der Waals surface area contributed by atoms with Crippen molar-refractivity contribution in [1.29, 1.82) is 0 Å². The Kier molecular flexibility index (Phi) is 4.52. The van der Waals surface area contributed by atoms with E-state index in [2.05, 4.69) is 16.7 Å². The summed E-state index contributed by atoms with van der Waals surface area (Å²) in [6.07, 6.45) is 0. The summed E-state index contributed by atoms with van der Waals surface area (Å²) in [7, 11) is 0. The van der Waals surface area contributed by atoms with Gasteiger partial charge in [-0.25, -0.2) is 9.59 Å². The smallest absolute Gasteiger partial charge is 0.336 e. The van der Waals surface area contributed by atoms with Gasteiger partial charge in [-0.2, -0.15) is 5.48 Å². The highest BCUT2D eigenvalue weighted by Crippen LogP contribution is 1.88. The van der Waals surface area contributed by atoms with E-state index in [0.717, 1.165) is 0 Å². The third kappa shape index (κ3) is 4.32. The van der Waals surface area contributed by atoms with E-state index in [1.807, 2.05) is 5.48 Å². The molecule has 0 unspecified atom stereocenters. The van der Waals surface area contributed by atoms with Crippen molar-refractivity contribution in [2.45, 2.75) is 13.8 Å². The molecule has 5 nitrogen and oxygen atoms in total. The Morgan fingerprint density at radius 1 is 1.50 bits per heavy atom. The predicted octanol–water partition coefficient (Wildman–Crippen LogP) is 0.340. The molecule has 0 radical (unpaired) electrons. The van der Waals surface area contributed by atoms with E-state index in [1.54, 1.807) is 6.92 Å². The molecule has 68 valence electrons. The molecule has 12 heavy (non-hydrogen) atoms. The molecule has 0 atom stereocenters. The van der Waals surface area contributed by atoms with Crippen molar-refractivity contribution >= 4 is 12.0 Å². The van der Waals surface area contributed by atoms with Gasteiger partial charge in [0.05, 0.1) is 0 Å². The Hall–Kier alpha value is -1.52. The Labute approximate surface area is 70.7 Å². The van der Waals surface area contributed by atoms with Gasteiger partial charge in [-0.15, -0.1) is 0 Å². The van der Waals surface area contributed by atoms with Crippen molar-refractivity contribution in [1.82, 2.24) is 10.8 Å². The van der Waals surface area contributed by atoms with Gasteiger partial charge in [0.15, 0.2) is 0 Å². The molecule has 0 aliphatic heterocycles. The summed E-state index contributed by atoms with van der Waals surface area (Å²) in [6, 6.07) is -0.549. The van der Waals surface area contributed by atoms with Gasteiger partial charge in [-0.1, -0.05) is 6.58 Å². The van der Waals surface area contributed by atoms with Crippen LogP contribution < -0.4 is 10.8 Å². The summed E-state index contributed by atoms with van der Waals surface area (Å²) in [5.41, 5.74) is 2.13. The molecule has 0 aromatic carbocycles. The van der Waals surface area contributed by atoms with Crippen LogP contribution in [0.4, 0.5) is 4.79 Å². The highest BCUT2D eigenvalue weighted by Gasteiger charge is 2.05. The van der Waals surface area contributed by atoms with E-state index in [0.29, 0.717) is 6.54 Å². The van der Waals surface area contributed by atoms with Crippen molar-refractivity contribution in [2.24, 2.45) is 0 Å². The lowest BCUT2D eigenvalue weighted by Gasteiger charge is -2.04. The van der Waals surface area contributed by atoms with E-state index in [4.69, 9.17) is 0 Å². The molecule has 0 saturated heterocycles. The molecule has 0 aromatic rings. The summed E-state index contributed by atoms with van der Waals surface area (Å²) in [5.74, 6) is -0.652. The maximum Gasteiger partial charge on any atom is 0.358 e. The normalized spacial score (nSPS) is 8.50. The highest BCUT2D eigenvalue weighted by atomic mass is 16.7. The minimum atomic E-state index is -0.652. The van der Waals surface area contributed by atoms with Crippen molar-refractivity contribution < 1.29 is 14.4 Å². The minimum absolute atomic E-state index is 0.229. The monoisotopic (exact) mass is 172 g/mol. The SMILES string of the molecule is C=C(C)C(=O)ONC(=O)NCC. The van der Waals surface area contributed by atoms with Crippen molar-refractivity contribution in [3.05, 3.63) is 12.2 Å². The average molecular weight is 172 g/mol. The standard InChI is InChI=1S/C7H12N2O3/c1-4-8-7(11)9-12-6(10)5(2)3/h2,4H2,1,3H3,(H2,8,9,11). The third-order valence-corrected chi connectivity index (χ3v) is 0.922. The number of carbonyl (C=O) groups is 2. The fraction of sp³-hybridized carbons (Fsp3) is 0.429. The van der Waals surface area contributed by atoms with Crippen molar-refractivity contribution in [3.63, 3.8) is 0 Å². The second kappa shape index (κ2) is 5.17. The highest BCUT2D eigenvalue weighted by molar-refractivity contribution is 5.88. The number of hydroxylamine groups is 1. The largest absolute Gasteiger partial charge is 0.358 e. The van der Waals surface area contributed by atoms with Crippen LogP contribution in [0.1, 0.15) is 13.8 Å². The molecule has 0 aliphatic carbocycles. The van der Waals surface area contributed by atoms with Gasteiger partial charge in [-0.3, -0.25) is 0 Å². The van der Waals surface area contributed by atoms with E-state index >= 15 is 0 Å². The summed E-state index contributed by atoms with van der Waals surface area (Å²) in [6.45, 7) is 7.04. The topological polar surface area (TPSA) is 67.4 Å². The first-order chi connectivity index (χ1) is 5.57. The Morgan fingerprint density at radius 3 is 2.50 bits per heavy atom. The number of amides is 2. The molecule has 0 aliphatic rings. The number of nitrogens with one attached hydrogen (secondary N) is 2. The Balaban J connectivity index is 3.61. The first-order valence-electron chi connectivity index (χ1n) is 3.48. The fourth-order valence-corrected chi connectivity index (χ4v) is 0.376. The summed E-state index contributed by atoms with van der Waals surface area (Å²) in [5, 5.41) is 2.38. The maximum atomic E-state index is 10.7. The van der Waals surface area contributed by atoms with Crippen LogP contribution in [0.3, 0.4) is 0 Å². The Bertz CT molecular complexity index is 201. The molecule has 5 heteroatoms. The molecule has 0 spiro atoms. The quantitative estimate of drug-likeness (QED) is 0.466. The second-order valence-electron chi connectivity index (χ2n) is 2.13. The van der Waals surface area contributed by atoms with Gasteiger partial charge in [0.2, 0.25) is 0 Å². The van der Waals surface area contributed by atoms with Gasteiger partial charge in [0.25, 0.3) is 0 Å². The summed E-state index contributed by atoms with van der Waals surface area (Å²) >= 11 is 0. The van der Waals surface area contributed by atoms with E-state index in [-0.39, 0.29) is 5.57 Å². The zero-order valence-electron chi connectivity index (χ0n) is 7.14. The predicted molar refractivity (Wildman–Crippen MR) is 43.1 cm³/mol. The lowest BCUT2D eigenvalue weighted by Crippen LogP contribution is -2.36. The van der Waals surface area contributed by atoms with E-state index < -0.39 is 12.0 Å². The van der Waals surface area contributed by atoms with Crippen molar-refractivity contribution in [2.75, 3.05) is 6.54 Å². The van der Waals surface area contributed by atoms with Crippen LogP contribution in [-0.4, -0.2) is 18.5 Å². The molecule has 0 aromatic heterocycles. The minimum Gasteiger partial charge on any atom is -0.336 e. The first kappa shape index (κ1) is 10.5. The number of rotatable bonds is 2. The molecule has 0 heterocycles. The van der Waals surface area contributed by atoms with Crippen LogP contribution in [0.25, 0.3) is 0 Å². The molecule has 0 saturated carbocycles. The van der Waals surface area contributed by atoms with Crippen LogP contribution in [0.5, 0.6) is 0 Å². The third-order valence-electron chi connectivity index (χ3n) is 0.922. The molecular weight excluding hydrogens is 160 g/mol. The van der Waals surface area contributed by atoms with Gasteiger partial charge >= 0.3 is 12.0 Å². The van der Waals surface area contributed by atoms with Crippen LogP contribution in [0, 0.1) is 0 Å². The summed E-state index contributed by atoms with van der Waals surface area (Å²) < 4.78 is 0.